The van der Waals surface area contributed by atoms with Crippen LogP contribution in [0.25, 0.3) is 11.0 Å². The molecule has 2 aromatic carbocycles. The highest BCUT2D eigenvalue weighted by atomic mass is 16.2. The number of para-hydroxylation sites is 2. The minimum absolute atomic E-state index is 0.129. The van der Waals surface area contributed by atoms with Crippen molar-refractivity contribution in [2.45, 2.75) is 46.6 Å². The van der Waals surface area contributed by atoms with Crippen LogP contribution in [0.5, 0.6) is 0 Å². The minimum Gasteiger partial charge on any atom is -0.327 e. The summed E-state index contributed by atoms with van der Waals surface area (Å²) in [5.41, 5.74) is 5.57. The molecule has 4 rings (SSSR count). The standard InChI is InChI=1S/C23H27N3O/c1-15(2)13-26-21-8-6-5-7-20(21)24-23(26)18-12-22(27)25(14-18)19-10-16(3)9-17(4)11-19/h5-11,15,18H,12-14H2,1-4H3/t18-/m0/s1. The number of fused-ring (bicyclic) bond motifs is 1. The first-order valence-corrected chi connectivity index (χ1v) is 9.76. The Morgan fingerprint density at radius 2 is 1.81 bits per heavy atom. The van der Waals surface area contributed by atoms with Crippen molar-refractivity contribution in [2.75, 3.05) is 11.4 Å². The second-order valence-corrected chi connectivity index (χ2v) is 8.21. The lowest BCUT2D eigenvalue weighted by Crippen LogP contribution is -2.24. The molecule has 0 unspecified atom stereocenters. The van der Waals surface area contributed by atoms with Crippen molar-refractivity contribution in [1.82, 2.24) is 9.55 Å². The molecule has 1 saturated heterocycles. The van der Waals surface area contributed by atoms with Crippen molar-refractivity contribution in [3.63, 3.8) is 0 Å². The second kappa shape index (κ2) is 6.84. The largest absolute Gasteiger partial charge is 0.327 e. The summed E-state index contributed by atoms with van der Waals surface area (Å²) in [5.74, 6) is 1.89. The van der Waals surface area contributed by atoms with Gasteiger partial charge in [0.15, 0.2) is 0 Å². The van der Waals surface area contributed by atoms with Crippen molar-refractivity contribution < 1.29 is 4.79 Å². The number of anilines is 1. The summed E-state index contributed by atoms with van der Waals surface area (Å²) in [6.07, 6.45) is 0.522. The molecular formula is C23H27N3O. The van der Waals surface area contributed by atoms with Gasteiger partial charge in [0.1, 0.15) is 5.82 Å². The van der Waals surface area contributed by atoms with Gasteiger partial charge in [-0.05, 0) is 55.2 Å². The lowest BCUT2D eigenvalue weighted by atomic mass is 10.1. The average Bonchev–Trinajstić information content (AvgIpc) is 3.15. The van der Waals surface area contributed by atoms with Crippen LogP contribution in [-0.4, -0.2) is 22.0 Å². The first-order chi connectivity index (χ1) is 12.9. The third-order valence-electron chi connectivity index (χ3n) is 5.24. The summed E-state index contributed by atoms with van der Waals surface area (Å²) in [4.78, 5) is 19.7. The number of imidazole rings is 1. The van der Waals surface area contributed by atoms with E-state index in [0.29, 0.717) is 18.9 Å². The SMILES string of the molecule is Cc1cc(C)cc(N2C[C@@H](c3nc4ccccc4n3CC(C)C)CC2=O)c1. The van der Waals surface area contributed by atoms with Crippen LogP contribution in [0.4, 0.5) is 5.69 Å². The van der Waals surface area contributed by atoms with Gasteiger partial charge in [0.05, 0.1) is 11.0 Å². The quantitative estimate of drug-likeness (QED) is 0.667. The Hall–Kier alpha value is -2.62. The third-order valence-corrected chi connectivity index (χ3v) is 5.24. The molecule has 0 aliphatic carbocycles. The monoisotopic (exact) mass is 361 g/mol. The molecule has 1 atom stereocenters. The van der Waals surface area contributed by atoms with Crippen LogP contribution in [0.1, 0.15) is 43.1 Å². The Kier molecular flexibility index (Phi) is 4.50. The van der Waals surface area contributed by atoms with Crippen molar-refractivity contribution in [2.24, 2.45) is 5.92 Å². The number of hydrogen-bond acceptors (Lipinski definition) is 2. The van der Waals surface area contributed by atoms with E-state index in [-0.39, 0.29) is 11.8 Å². The van der Waals surface area contributed by atoms with Gasteiger partial charge in [0.25, 0.3) is 0 Å². The summed E-state index contributed by atoms with van der Waals surface area (Å²) in [6.45, 7) is 10.2. The number of aromatic nitrogens is 2. The topological polar surface area (TPSA) is 38.1 Å². The fourth-order valence-electron chi connectivity index (χ4n) is 4.20. The number of amides is 1. The Morgan fingerprint density at radius 1 is 1.11 bits per heavy atom. The van der Waals surface area contributed by atoms with Crippen LogP contribution in [0.3, 0.4) is 0 Å². The number of carbonyl (C=O) groups excluding carboxylic acids is 1. The number of hydrogen-bond donors (Lipinski definition) is 0. The summed E-state index contributed by atoms with van der Waals surface area (Å²) < 4.78 is 2.32. The third kappa shape index (κ3) is 3.36. The van der Waals surface area contributed by atoms with Gasteiger partial charge in [-0.2, -0.15) is 0 Å². The van der Waals surface area contributed by atoms with Crippen molar-refractivity contribution in [1.29, 1.82) is 0 Å². The molecule has 3 aromatic rings. The van der Waals surface area contributed by atoms with Gasteiger partial charge in [0, 0.05) is 31.1 Å². The highest BCUT2D eigenvalue weighted by Gasteiger charge is 2.35. The molecule has 0 bridgehead atoms. The molecule has 0 saturated carbocycles. The van der Waals surface area contributed by atoms with E-state index in [4.69, 9.17) is 4.98 Å². The number of benzene rings is 2. The van der Waals surface area contributed by atoms with Gasteiger partial charge in [0.2, 0.25) is 5.91 Å². The molecule has 4 nitrogen and oxygen atoms in total. The summed E-state index contributed by atoms with van der Waals surface area (Å²) in [6, 6.07) is 14.6. The van der Waals surface area contributed by atoms with Crippen molar-refractivity contribution >= 4 is 22.6 Å². The summed E-state index contributed by atoms with van der Waals surface area (Å²) in [5, 5.41) is 0. The predicted molar refractivity (Wildman–Crippen MR) is 110 cm³/mol. The van der Waals surface area contributed by atoms with E-state index in [9.17, 15) is 4.79 Å². The molecule has 2 heterocycles. The summed E-state index contributed by atoms with van der Waals surface area (Å²) in [7, 11) is 0. The highest BCUT2D eigenvalue weighted by Crippen LogP contribution is 2.34. The van der Waals surface area contributed by atoms with Crippen LogP contribution in [-0.2, 0) is 11.3 Å². The first kappa shape index (κ1) is 17.8. The van der Waals surface area contributed by atoms with E-state index in [0.717, 1.165) is 23.6 Å². The van der Waals surface area contributed by atoms with E-state index >= 15 is 0 Å². The highest BCUT2D eigenvalue weighted by molar-refractivity contribution is 5.96. The van der Waals surface area contributed by atoms with Gasteiger partial charge in [-0.15, -0.1) is 0 Å². The van der Waals surface area contributed by atoms with E-state index < -0.39 is 0 Å². The predicted octanol–water partition coefficient (Wildman–Crippen LogP) is 4.83. The van der Waals surface area contributed by atoms with E-state index in [1.165, 1.54) is 16.6 Å². The lowest BCUT2D eigenvalue weighted by molar-refractivity contribution is -0.117. The second-order valence-electron chi connectivity index (χ2n) is 8.21. The van der Waals surface area contributed by atoms with Crippen LogP contribution in [0.2, 0.25) is 0 Å². The van der Waals surface area contributed by atoms with Gasteiger partial charge in [-0.3, -0.25) is 4.79 Å². The Bertz CT molecular complexity index is 982. The maximum Gasteiger partial charge on any atom is 0.227 e. The van der Waals surface area contributed by atoms with Crippen molar-refractivity contribution in [3.8, 4) is 0 Å². The number of rotatable bonds is 4. The zero-order chi connectivity index (χ0) is 19.1. The molecule has 0 spiro atoms. The zero-order valence-electron chi connectivity index (χ0n) is 16.6. The smallest absolute Gasteiger partial charge is 0.227 e. The van der Waals surface area contributed by atoms with Gasteiger partial charge in [-0.1, -0.05) is 32.0 Å². The minimum atomic E-state index is 0.129. The van der Waals surface area contributed by atoms with Crippen LogP contribution >= 0.6 is 0 Å². The number of nitrogens with zero attached hydrogens (tertiary/aromatic N) is 3. The molecule has 1 aliphatic heterocycles. The fourth-order valence-corrected chi connectivity index (χ4v) is 4.20. The first-order valence-electron chi connectivity index (χ1n) is 9.76. The van der Waals surface area contributed by atoms with E-state index in [1.807, 2.05) is 11.0 Å². The zero-order valence-corrected chi connectivity index (χ0v) is 16.6. The van der Waals surface area contributed by atoms with Crippen molar-refractivity contribution in [3.05, 3.63) is 59.4 Å². The molecule has 0 radical (unpaired) electrons. The van der Waals surface area contributed by atoms with Gasteiger partial charge < -0.3 is 9.47 Å². The maximum atomic E-state index is 12.8. The van der Waals surface area contributed by atoms with Crippen LogP contribution < -0.4 is 4.90 Å². The summed E-state index contributed by atoms with van der Waals surface area (Å²) >= 11 is 0. The molecule has 140 valence electrons. The number of aryl methyl sites for hydroxylation is 2. The maximum absolute atomic E-state index is 12.8. The van der Waals surface area contributed by atoms with Crippen LogP contribution in [0.15, 0.2) is 42.5 Å². The fraction of sp³-hybridized carbons (Fsp3) is 0.391. The normalized spacial score (nSPS) is 17.4. The molecule has 1 fully saturated rings. The van der Waals surface area contributed by atoms with E-state index in [2.05, 4.69) is 68.7 Å². The van der Waals surface area contributed by atoms with E-state index in [1.54, 1.807) is 0 Å². The van der Waals surface area contributed by atoms with Gasteiger partial charge >= 0.3 is 0 Å². The Morgan fingerprint density at radius 3 is 2.52 bits per heavy atom. The Balaban J connectivity index is 1.71. The molecular weight excluding hydrogens is 334 g/mol. The molecule has 1 aromatic heterocycles. The average molecular weight is 361 g/mol. The number of carbonyl (C=O) groups is 1. The Labute approximate surface area is 160 Å². The molecule has 1 aliphatic rings. The molecule has 4 heteroatoms. The molecule has 27 heavy (non-hydrogen) atoms. The van der Waals surface area contributed by atoms with Gasteiger partial charge in [-0.25, -0.2) is 4.98 Å². The van der Waals surface area contributed by atoms with Crippen LogP contribution in [0, 0.1) is 19.8 Å². The lowest BCUT2D eigenvalue weighted by Gasteiger charge is -2.19. The molecule has 1 amide bonds. The molecule has 0 N–H and O–H groups in total.